The number of hydrogen-bond donors (Lipinski definition) is 0. The summed E-state index contributed by atoms with van der Waals surface area (Å²) in [5.41, 5.74) is -2.57. The van der Waals surface area contributed by atoms with Gasteiger partial charge in [0.25, 0.3) is 0 Å². The molecule has 5 heteroatoms. The van der Waals surface area contributed by atoms with Crippen molar-refractivity contribution in [3.63, 3.8) is 0 Å². The summed E-state index contributed by atoms with van der Waals surface area (Å²) in [5.74, 6) is -4.56. The van der Waals surface area contributed by atoms with Crippen molar-refractivity contribution in [2.45, 2.75) is 53.6 Å². The molecule has 0 saturated carbocycles. The van der Waals surface area contributed by atoms with Crippen LogP contribution in [0.5, 0.6) is 0 Å². The van der Waals surface area contributed by atoms with Crippen LogP contribution in [0.15, 0.2) is 11.3 Å². The molecule has 0 amide bonds. The van der Waals surface area contributed by atoms with Gasteiger partial charge in [0.2, 0.25) is 0 Å². The Morgan fingerprint density at radius 2 is 1.24 bits per heavy atom. The topological polar surface area (TPSA) is 9.23 Å². The van der Waals surface area contributed by atoms with Gasteiger partial charge < -0.3 is 4.74 Å². The van der Waals surface area contributed by atoms with Gasteiger partial charge in [0.05, 0.1) is 5.57 Å². The smallest absolute Gasteiger partial charge is 0.432 e. The largest absolute Gasteiger partial charge is 0.468 e. The molecule has 0 spiro atoms. The Kier molecular flexibility index (Phi) is 2.85. The van der Waals surface area contributed by atoms with E-state index >= 15 is 0 Å². The average Bonchev–Trinajstić information content (AvgIpc) is 2.15. The Labute approximate surface area is 98.8 Å². The monoisotopic (exact) mass is 254 g/mol. The third-order valence-corrected chi connectivity index (χ3v) is 2.57. The molecule has 0 aromatic rings. The van der Waals surface area contributed by atoms with Crippen LogP contribution in [0.3, 0.4) is 0 Å². The van der Waals surface area contributed by atoms with E-state index in [1.807, 2.05) is 0 Å². The van der Waals surface area contributed by atoms with E-state index in [2.05, 4.69) is 4.74 Å². The third-order valence-electron chi connectivity index (χ3n) is 2.57. The van der Waals surface area contributed by atoms with Crippen molar-refractivity contribution in [2.24, 2.45) is 10.8 Å². The van der Waals surface area contributed by atoms with Crippen molar-refractivity contribution in [2.75, 3.05) is 0 Å². The van der Waals surface area contributed by atoms with Crippen LogP contribution >= 0.6 is 0 Å². The van der Waals surface area contributed by atoms with Crippen LogP contribution in [0.1, 0.15) is 41.5 Å². The van der Waals surface area contributed by atoms with Crippen LogP contribution in [-0.4, -0.2) is 12.0 Å². The van der Waals surface area contributed by atoms with Gasteiger partial charge in [-0.3, -0.25) is 0 Å². The van der Waals surface area contributed by atoms with Crippen LogP contribution < -0.4 is 0 Å². The van der Waals surface area contributed by atoms with Crippen LogP contribution in [0.2, 0.25) is 0 Å². The summed E-state index contributed by atoms with van der Waals surface area (Å²) in [6.07, 6.45) is -4.46. The average molecular weight is 254 g/mol. The molecule has 0 aromatic carbocycles. The molecule has 0 aromatic heterocycles. The fraction of sp³-hybridized carbons (Fsp3) is 0.833. The lowest BCUT2D eigenvalue weighted by atomic mass is 9.78. The normalized spacial score (nSPS) is 23.9. The summed E-state index contributed by atoms with van der Waals surface area (Å²) in [6.45, 7) is 9.16. The molecular formula is C12H18F4O. The molecule has 0 saturated heterocycles. The van der Waals surface area contributed by atoms with E-state index in [0.29, 0.717) is 0 Å². The van der Waals surface area contributed by atoms with Gasteiger partial charge in [0.1, 0.15) is 5.76 Å². The number of rotatable bonds is 0. The number of hydrogen-bond acceptors (Lipinski definition) is 1. The zero-order valence-electron chi connectivity index (χ0n) is 10.9. The van der Waals surface area contributed by atoms with Crippen molar-refractivity contribution >= 4 is 0 Å². The van der Waals surface area contributed by atoms with Gasteiger partial charge in [0.15, 0.2) is 0 Å². The minimum atomic E-state index is -4.46. The first-order valence-corrected chi connectivity index (χ1v) is 5.41. The number of allylic oxidation sites excluding steroid dienone is 1. The second kappa shape index (κ2) is 3.39. The highest BCUT2D eigenvalue weighted by Crippen LogP contribution is 2.57. The molecule has 1 aliphatic rings. The molecule has 0 N–H and O–H groups in total. The zero-order valence-corrected chi connectivity index (χ0v) is 10.9. The van der Waals surface area contributed by atoms with Crippen LogP contribution in [0.25, 0.3) is 0 Å². The Morgan fingerprint density at radius 3 is 1.47 bits per heavy atom. The summed E-state index contributed by atoms with van der Waals surface area (Å²) in [7, 11) is 0. The highest BCUT2D eigenvalue weighted by Gasteiger charge is 2.70. The van der Waals surface area contributed by atoms with Crippen LogP contribution in [0.4, 0.5) is 17.6 Å². The Morgan fingerprint density at radius 1 is 0.824 bits per heavy atom. The van der Waals surface area contributed by atoms with Crippen LogP contribution in [-0.2, 0) is 4.74 Å². The minimum Gasteiger partial charge on any atom is -0.432 e. The maximum atomic E-state index is 13.7. The lowest BCUT2D eigenvalue weighted by Gasteiger charge is -2.28. The molecule has 1 heterocycles. The summed E-state index contributed by atoms with van der Waals surface area (Å²) in [4.78, 5) is 0. The second-order valence-electron chi connectivity index (χ2n) is 6.40. The molecule has 0 bridgehead atoms. The SMILES string of the molecule is CC(C)(C)C1=C(C(C)(C)C)C(F)(F)C(F)(F)O1. The molecule has 0 radical (unpaired) electrons. The van der Waals surface area contributed by atoms with Gasteiger partial charge in [-0.25, -0.2) is 0 Å². The van der Waals surface area contributed by atoms with Gasteiger partial charge in [-0.15, -0.1) is 0 Å². The summed E-state index contributed by atoms with van der Waals surface area (Å²) in [6, 6.07) is 0. The summed E-state index contributed by atoms with van der Waals surface area (Å²) < 4.78 is 58.3. The fourth-order valence-electron chi connectivity index (χ4n) is 1.87. The molecule has 1 aliphatic heterocycles. The van der Waals surface area contributed by atoms with Gasteiger partial charge in [-0.2, -0.15) is 17.6 Å². The van der Waals surface area contributed by atoms with E-state index in [4.69, 9.17) is 0 Å². The van der Waals surface area contributed by atoms with Crippen molar-refractivity contribution in [3.05, 3.63) is 11.3 Å². The Hall–Kier alpha value is -0.740. The molecule has 100 valence electrons. The number of halogens is 4. The maximum absolute atomic E-state index is 13.7. The lowest BCUT2D eigenvalue weighted by molar-refractivity contribution is -0.302. The van der Waals surface area contributed by atoms with E-state index in [1.54, 1.807) is 20.8 Å². The predicted molar refractivity (Wildman–Crippen MR) is 56.9 cm³/mol. The third kappa shape index (κ3) is 2.16. The lowest BCUT2D eigenvalue weighted by Crippen LogP contribution is -2.41. The van der Waals surface area contributed by atoms with E-state index in [9.17, 15) is 17.6 Å². The maximum Gasteiger partial charge on any atom is 0.468 e. The van der Waals surface area contributed by atoms with Crippen molar-refractivity contribution in [1.82, 2.24) is 0 Å². The molecule has 1 rings (SSSR count). The molecule has 0 atom stereocenters. The van der Waals surface area contributed by atoms with E-state index in [0.717, 1.165) is 0 Å². The molecule has 1 nitrogen and oxygen atoms in total. The Bertz CT molecular complexity index is 356. The number of ether oxygens (including phenoxy) is 1. The first-order valence-electron chi connectivity index (χ1n) is 5.41. The van der Waals surface area contributed by atoms with Crippen molar-refractivity contribution in [1.29, 1.82) is 0 Å². The zero-order chi connectivity index (χ0) is 13.9. The summed E-state index contributed by atoms with van der Waals surface area (Å²) in [5, 5.41) is 0. The quantitative estimate of drug-likeness (QED) is 0.574. The molecular weight excluding hydrogens is 236 g/mol. The second-order valence-corrected chi connectivity index (χ2v) is 6.40. The van der Waals surface area contributed by atoms with Gasteiger partial charge in [-0.05, 0) is 5.41 Å². The van der Waals surface area contributed by atoms with E-state index < -0.39 is 28.4 Å². The van der Waals surface area contributed by atoms with Gasteiger partial charge in [-0.1, -0.05) is 41.5 Å². The minimum absolute atomic E-state index is 0.306. The highest BCUT2D eigenvalue weighted by molar-refractivity contribution is 5.33. The van der Waals surface area contributed by atoms with Crippen molar-refractivity contribution in [3.8, 4) is 0 Å². The predicted octanol–water partition coefficient (Wildman–Crippen LogP) is 4.59. The molecule has 0 fully saturated rings. The van der Waals surface area contributed by atoms with Gasteiger partial charge in [0, 0.05) is 5.41 Å². The highest BCUT2D eigenvalue weighted by atomic mass is 19.3. The molecule has 17 heavy (non-hydrogen) atoms. The van der Waals surface area contributed by atoms with Crippen LogP contribution in [0, 0.1) is 10.8 Å². The van der Waals surface area contributed by atoms with Crippen molar-refractivity contribution < 1.29 is 22.3 Å². The molecule has 0 unspecified atom stereocenters. The fourth-order valence-corrected chi connectivity index (χ4v) is 1.87. The van der Waals surface area contributed by atoms with E-state index in [1.165, 1.54) is 20.8 Å². The van der Waals surface area contributed by atoms with Gasteiger partial charge >= 0.3 is 12.0 Å². The first-order chi connectivity index (χ1) is 7.21. The Balaban J connectivity index is 3.49. The number of alkyl halides is 4. The standard InChI is InChI=1S/C12H18F4O/c1-9(2,3)7-8(10(4,5)6)17-12(15,16)11(7,13)14/h1-6H3. The van der Waals surface area contributed by atoms with E-state index in [-0.39, 0.29) is 5.76 Å². The molecule has 0 aliphatic carbocycles. The summed E-state index contributed by atoms with van der Waals surface area (Å²) >= 11 is 0. The first kappa shape index (κ1) is 14.3.